The Morgan fingerprint density at radius 3 is 1.89 bits per heavy atom. The van der Waals surface area contributed by atoms with Crippen LogP contribution in [0.15, 0.2) is 108 Å². The topological polar surface area (TPSA) is 139 Å². The number of carbonyl (C=O) groups is 4. The summed E-state index contributed by atoms with van der Waals surface area (Å²) >= 11 is 1.30. The van der Waals surface area contributed by atoms with Crippen molar-refractivity contribution in [1.29, 1.82) is 0 Å². The first-order chi connectivity index (χ1) is 18.3. The molecule has 0 saturated carbocycles. The first kappa shape index (κ1) is 26.2. The summed E-state index contributed by atoms with van der Waals surface area (Å²) in [5.74, 6) is -2.71. The van der Waals surface area contributed by atoms with Crippen LogP contribution >= 0.6 is 11.8 Å². The predicted molar refractivity (Wildman–Crippen MR) is 146 cm³/mol. The Balaban J connectivity index is 1.52. The number of anilines is 2. The van der Waals surface area contributed by atoms with E-state index in [1.165, 1.54) is 23.9 Å². The van der Waals surface area contributed by atoms with Crippen LogP contribution in [0.2, 0.25) is 0 Å². The van der Waals surface area contributed by atoms with Gasteiger partial charge < -0.3 is 21.5 Å². The number of carboxylic acids is 1. The van der Waals surface area contributed by atoms with Crippen molar-refractivity contribution in [3.8, 4) is 0 Å². The van der Waals surface area contributed by atoms with Gasteiger partial charge in [0.05, 0.1) is 22.4 Å². The number of aromatic carboxylic acids is 1. The van der Waals surface area contributed by atoms with Crippen LogP contribution < -0.4 is 16.4 Å². The van der Waals surface area contributed by atoms with Gasteiger partial charge >= 0.3 is 5.97 Å². The van der Waals surface area contributed by atoms with Gasteiger partial charge in [-0.15, -0.1) is 11.8 Å². The molecule has 9 heteroatoms. The van der Waals surface area contributed by atoms with Gasteiger partial charge in [0.25, 0.3) is 11.8 Å². The van der Waals surface area contributed by atoms with E-state index in [1.807, 2.05) is 30.3 Å². The second-order valence-corrected chi connectivity index (χ2v) is 9.32. The van der Waals surface area contributed by atoms with Gasteiger partial charge in [0.1, 0.15) is 5.25 Å². The Morgan fingerprint density at radius 2 is 1.26 bits per heavy atom. The lowest BCUT2D eigenvalue weighted by Crippen LogP contribution is -2.22. The number of carbonyl (C=O) groups excluding carboxylic acids is 3. The van der Waals surface area contributed by atoms with Crippen molar-refractivity contribution in [2.75, 3.05) is 10.6 Å². The highest BCUT2D eigenvalue weighted by Crippen LogP contribution is 2.37. The molecule has 1 atom stereocenters. The second-order valence-electron chi connectivity index (χ2n) is 8.14. The fraction of sp³-hybridized carbons (Fsp3) is 0.0345. The molecular weight excluding hydrogens is 502 g/mol. The maximum absolute atomic E-state index is 13.4. The summed E-state index contributed by atoms with van der Waals surface area (Å²) in [4.78, 5) is 50.0. The van der Waals surface area contributed by atoms with Crippen LogP contribution in [0.1, 0.15) is 41.9 Å². The summed E-state index contributed by atoms with van der Waals surface area (Å²) in [6, 6.07) is 28.5. The molecule has 0 aliphatic heterocycles. The highest BCUT2D eigenvalue weighted by atomic mass is 32.2. The van der Waals surface area contributed by atoms with Crippen molar-refractivity contribution in [3.05, 3.63) is 125 Å². The lowest BCUT2D eigenvalue weighted by molar-refractivity contribution is -0.115. The maximum atomic E-state index is 13.4. The number of thioether (sulfide) groups is 1. The van der Waals surface area contributed by atoms with Crippen molar-refractivity contribution in [2.45, 2.75) is 10.1 Å². The first-order valence-electron chi connectivity index (χ1n) is 11.5. The van der Waals surface area contributed by atoms with E-state index in [2.05, 4.69) is 10.6 Å². The monoisotopic (exact) mass is 525 g/mol. The molecule has 0 spiro atoms. The predicted octanol–water partition coefficient (Wildman–Crippen LogP) is 5.21. The minimum Gasteiger partial charge on any atom is -0.478 e. The zero-order valence-electron chi connectivity index (χ0n) is 20.0. The number of rotatable bonds is 9. The molecule has 38 heavy (non-hydrogen) atoms. The highest BCUT2D eigenvalue weighted by Gasteiger charge is 2.24. The third-order valence-corrected chi connectivity index (χ3v) is 6.83. The number of hydrogen-bond donors (Lipinski definition) is 4. The quantitative estimate of drug-likeness (QED) is 0.221. The van der Waals surface area contributed by atoms with Crippen LogP contribution in [0.25, 0.3) is 0 Å². The van der Waals surface area contributed by atoms with Gasteiger partial charge in [-0.1, -0.05) is 54.6 Å². The van der Waals surface area contributed by atoms with Crippen LogP contribution in [0.3, 0.4) is 0 Å². The first-order valence-corrected chi connectivity index (χ1v) is 12.4. The lowest BCUT2D eigenvalue weighted by Gasteiger charge is -2.18. The molecule has 0 bridgehead atoms. The number of amides is 3. The van der Waals surface area contributed by atoms with Gasteiger partial charge in [-0.3, -0.25) is 14.4 Å². The Hall–Kier alpha value is -4.89. The van der Waals surface area contributed by atoms with Gasteiger partial charge in [0, 0.05) is 10.6 Å². The summed E-state index contributed by atoms with van der Waals surface area (Å²) in [5, 5.41) is 14.2. The van der Waals surface area contributed by atoms with Crippen molar-refractivity contribution in [1.82, 2.24) is 0 Å². The fourth-order valence-corrected chi connectivity index (χ4v) is 4.75. The zero-order valence-corrected chi connectivity index (χ0v) is 20.8. The van der Waals surface area contributed by atoms with Crippen LogP contribution in [-0.4, -0.2) is 28.8 Å². The summed E-state index contributed by atoms with van der Waals surface area (Å²) in [7, 11) is 0. The average Bonchev–Trinajstić information content (AvgIpc) is 2.93. The molecule has 4 rings (SSSR count). The van der Waals surface area contributed by atoms with E-state index < -0.39 is 23.0 Å². The minimum atomic E-state index is -1.19. The standard InChI is InChI=1S/C29H23N3O5S/c30-26(33)23-12-6-7-13-24(23)32-28(35)25(18-8-2-1-3-9-18)38-20-16-14-19(15-17-20)31-27(34)21-10-4-5-11-22(21)29(36)37/h1-17,25H,(H2,30,33)(H,31,34)(H,32,35)(H,36,37). The van der Waals surface area contributed by atoms with E-state index in [-0.39, 0.29) is 22.6 Å². The van der Waals surface area contributed by atoms with Crippen molar-refractivity contribution < 1.29 is 24.3 Å². The Kier molecular flexibility index (Phi) is 8.20. The number of nitrogens with two attached hydrogens (primary N) is 1. The molecule has 4 aromatic carbocycles. The van der Waals surface area contributed by atoms with Crippen molar-refractivity contribution in [2.24, 2.45) is 5.73 Å². The summed E-state index contributed by atoms with van der Waals surface area (Å²) in [6.45, 7) is 0. The molecule has 0 fully saturated rings. The molecule has 1 unspecified atom stereocenters. The number of primary amides is 1. The van der Waals surface area contributed by atoms with Crippen LogP contribution in [-0.2, 0) is 4.79 Å². The van der Waals surface area contributed by atoms with Crippen LogP contribution in [0, 0.1) is 0 Å². The van der Waals surface area contributed by atoms with E-state index in [0.717, 1.165) is 10.5 Å². The zero-order chi connectivity index (χ0) is 27.1. The number of nitrogens with one attached hydrogen (secondary N) is 2. The molecule has 0 heterocycles. The summed E-state index contributed by atoms with van der Waals surface area (Å²) in [5.41, 5.74) is 7.18. The fourth-order valence-electron chi connectivity index (χ4n) is 3.72. The van der Waals surface area contributed by atoms with E-state index in [1.54, 1.807) is 60.7 Å². The normalized spacial score (nSPS) is 11.3. The maximum Gasteiger partial charge on any atom is 0.336 e. The third kappa shape index (κ3) is 6.26. The van der Waals surface area contributed by atoms with Gasteiger partial charge in [-0.2, -0.15) is 0 Å². The SMILES string of the molecule is NC(=O)c1ccccc1NC(=O)C(Sc1ccc(NC(=O)c2ccccc2C(=O)O)cc1)c1ccccc1. The number of para-hydroxylation sites is 1. The van der Waals surface area contributed by atoms with Gasteiger partial charge in [0.15, 0.2) is 0 Å². The molecule has 0 saturated heterocycles. The molecule has 3 amide bonds. The summed E-state index contributed by atoms with van der Waals surface area (Å²) < 4.78 is 0. The molecule has 0 aliphatic carbocycles. The number of carboxylic acid groups (broad SMARTS) is 1. The van der Waals surface area contributed by atoms with Crippen molar-refractivity contribution >= 4 is 46.8 Å². The van der Waals surface area contributed by atoms with Gasteiger partial charge in [0.2, 0.25) is 5.91 Å². The Bertz CT molecular complexity index is 1490. The van der Waals surface area contributed by atoms with E-state index in [9.17, 15) is 24.3 Å². The van der Waals surface area contributed by atoms with E-state index in [4.69, 9.17) is 5.73 Å². The van der Waals surface area contributed by atoms with Crippen molar-refractivity contribution in [3.63, 3.8) is 0 Å². The van der Waals surface area contributed by atoms with Crippen LogP contribution in [0.4, 0.5) is 11.4 Å². The van der Waals surface area contributed by atoms with E-state index in [0.29, 0.717) is 11.4 Å². The molecule has 0 aliphatic rings. The molecule has 0 radical (unpaired) electrons. The minimum absolute atomic E-state index is 0.0514. The highest BCUT2D eigenvalue weighted by molar-refractivity contribution is 8.00. The van der Waals surface area contributed by atoms with Crippen LogP contribution in [0.5, 0.6) is 0 Å². The van der Waals surface area contributed by atoms with Gasteiger partial charge in [-0.05, 0) is 54.1 Å². The third-order valence-electron chi connectivity index (χ3n) is 5.56. The Morgan fingerprint density at radius 1 is 0.684 bits per heavy atom. The molecule has 190 valence electrons. The van der Waals surface area contributed by atoms with E-state index >= 15 is 0 Å². The summed E-state index contributed by atoms with van der Waals surface area (Å²) in [6.07, 6.45) is 0. The molecule has 0 aromatic heterocycles. The number of hydrogen-bond acceptors (Lipinski definition) is 5. The molecule has 4 aromatic rings. The second kappa shape index (κ2) is 11.9. The molecule has 8 nitrogen and oxygen atoms in total. The average molecular weight is 526 g/mol. The molecule has 5 N–H and O–H groups in total. The lowest BCUT2D eigenvalue weighted by atomic mass is 10.1. The molecular formula is C29H23N3O5S. The largest absolute Gasteiger partial charge is 0.478 e. The number of benzene rings is 4. The Labute approximate surface area is 222 Å². The van der Waals surface area contributed by atoms with Gasteiger partial charge in [-0.25, -0.2) is 4.79 Å². The smallest absolute Gasteiger partial charge is 0.336 e.